The van der Waals surface area contributed by atoms with Crippen molar-refractivity contribution in [2.75, 3.05) is 0 Å². The van der Waals surface area contributed by atoms with Gasteiger partial charge in [-0.25, -0.2) is 4.99 Å². The largest absolute Gasteiger partial charge is 0.214 e. The highest BCUT2D eigenvalue weighted by molar-refractivity contribution is 5.52. The summed E-state index contributed by atoms with van der Waals surface area (Å²) in [5.41, 5.74) is 1.07. The summed E-state index contributed by atoms with van der Waals surface area (Å²) in [4.78, 5) is 4.00. The molecule has 1 aliphatic carbocycles. The van der Waals surface area contributed by atoms with Gasteiger partial charge in [0.2, 0.25) is 0 Å². The van der Waals surface area contributed by atoms with Crippen LogP contribution in [0.5, 0.6) is 0 Å². The van der Waals surface area contributed by atoms with Crippen molar-refractivity contribution in [3.63, 3.8) is 0 Å². The van der Waals surface area contributed by atoms with E-state index in [0.29, 0.717) is 0 Å². The molecule has 0 saturated heterocycles. The van der Waals surface area contributed by atoms with E-state index in [9.17, 15) is 0 Å². The molecule has 0 N–H and O–H groups in total. The molecule has 0 spiro atoms. The quantitative estimate of drug-likeness (QED) is 0.444. The molecule has 1 saturated carbocycles. The highest BCUT2D eigenvalue weighted by Crippen LogP contribution is 2.32. The first-order valence-corrected chi connectivity index (χ1v) is 4.39. The van der Waals surface area contributed by atoms with Crippen molar-refractivity contribution in [2.45, 2.75) is 26.2 Å². The Balaban J connectivity index is 2.26. The zero-order valence-corrected chi connectivity index (χ0v) is 7.59. The average molecular weight is 161 g/mol. The van der Waals surface area contributed by atoms with Gasteiger partial charge in [-0.05, 0) is 49.6 Å². The number of nitrogens with zero attached hydrogens (tertiary/aromatic N) is 1. The third kappa shape index (κ3) is 3.95. The van der Waals surface area contributed by atoms with Gasteiger partial charge in [0.05, 0.1) is 0 Å². The van der Waals surface area contributed by atoms with Gasteiger partial charge in [-0.3, -0.25) is 0 Å². The molecule has 1 aliphatic rings. The Labute approximate surface area is 74.2 Å². The summed E-state index contributed by atoms with van der Waals surface area (Å²) in [6.45, 7) is 5.60. The molecule has 0 heterocycles. The second-order valence-electron chi connectivity index (χ2n) is 3.22. The molecule has 0 aliphatic heterocycles. The van der Waals surface area contributed by atoms with Crippen molar-refractivity contribution in [1.82, 2.24) is 0 Å². The summed E-state index contributed by atoms with van der Waals surface area (Å²) in [6, 6.07) is 0. The number of allylic oxidation sites excluding steroid dienone is 3. The maximum atomic E-state index is 4.00. The molecule has 1 rings (SSSR count). The van der Waals surface area contributed by atoms with E-state index >= 15 is 0 Å². The molecule has 1 heteroatoms. The van der Waals surface area contributed by atoms with Crippen molar-refractivity contribution < 1.29 is 0 Å². The molecule has 0 unspecified atom stereocenters. The van der Waals surface area contributed by atoms with Gasteiger partial charge in [0.25, 0.3) is 0 Å². The fourth-order valence-electron chi connectivity index (χ4n) is 0.817. The topological polar surface area (TPSA) is 12.4 Å². The number of hydrogen-bond donors (Lipinski definition) is 0. The second kappa shape index (κ2) is 4.74. The van der Waals surface area contributed by atoms with Crippen LogP contribution >= 0.6 is 0 Å². The Kier molecular flexibility index (Phi) is 3.56. The van der Waals surface area contributed by atoms with Crippen molar-refractivity contribution in [1.29, 1.82) is 0 Å². The lowest BCUT2D eigenvalue weighted by Crippen LogP contribution is -1.68. The van der Waals surface area contributed by atoms with Gasteiger partial charge in [-0.2, -0.15) is 0 Å². The maximum Gasteiger partial charge on any atom is 0.0397 e. The third-order valence-electron chi connectivity index (χ3n) is 1.90. The molecule has 0 aromatic carbocycles. The molecule has 0 bridgehead atoms. The summed E-state index contributed by atoms with van der Waals surface area (Å²) < 4.78 is 0. The van der Waals surface area contributed by atoms with E-state index in [1.165, 1.54) is 12.8 Å². The molecular weight excluding hydrogens is 146 g/mol. The zero-order chi connectivity index (χ0) is 8.81. The van der Waals surface area contributed by atoms with E-state index in [-0.39, 0.29) is 0 Å². The molecular formula is C11H15N. The fraction of sp³-hybridized carbons (Fsp3) is 0.455. The summed E-state index contributed by atoms with van der Waals surface area (Å²) in [5, 5.41) is 0. The predicted molar refractivity (Wildman–Crippen MR) is 53.3 cm³/mol. The predicted octanol–water partition coefficient (Wildman–Crippen LogP) is 3.10. The van der Waals surface area contributed by atoms with Crippen molar-refractivity contribution in [3.05, 3.63) is 30.5 Å². The van der Waals surface area contributed by atoms with Crippen LogP contribution in [0.3, 0.4) is 0 Å². The Morgan fingerprint density at radius 1 is 1.67 bits per heavy atom. The first kappa shape index (κ1) is 9.02. The monoisotopic (exact) mass is 161 g/mol. The number of hydrogen-bond acceptors (Lipinski definition) is 1. The second-order valence-corrected chi connectivity index (χ2v) is 3.22. The highest BCUT2D eigenvalue weighted by atomic mass is 14.6. The van der Waals surface area contributed by atoms with Crippen LogP contribution < -0.4 is 0 Å². The van der Waals surface area contributed by atoms with Crippen LogP contribution in [0.1, 0.15) is 26.2 Å². The molecule has 64 valence electrons. The minimum Gasteiger partial charge on any atom is -0.214 e. The van der Waals surface area contributed by atoms with Gasteiger partial charge in [-0.1, -0.05) is 12.7 Å². The minimum atomic E-state index is 0.928. The molecule has 12 heavy (non-hydrogen) atoms. The Hall–Kier alpha value is -1.07. The summed E-state index contributed by atoms with van der Waals surface area (Å²) in [5.74, 6) is 3.83. The first-order valence-electron chi connectivity index (χ1n) is 4.39. The van der Waals surface area contributed by atoms with Crippen LogP contribution in [-0.2, 0) is 0 Å². The van der Waals surface area contributed by atoms with Crippen LogP contribution in [0.25, 0.3) is 0 Å². The first-order chi connectivity index (χ1) is 5.83. The standard InChI is InChI=1S/C11H15N/c1-3-10(2)9-12-8-4-5-11-6-7-11/h3-4,9,11H,1,5-7H2,2H3/b10-9+. The van der Waals surface area contributed by atoms with Crippen LogP contribution in [-0.4, -0.2) is 5.87 Å². The minimum absolute atomic E-state index is 0.928. The van der Waals surface area contributed by atoms with Gasteiger partial charge >= 0.3 is 0 Å². The van der Waals surface area contributed by atoms with Crippen LogP contribution in [0.2, 0.25) is 0 Å². The fourth-order valence-corrected chi connectivity index (χ4v) is 0.817. The third-order valence-corrected chi connectivity index (χ3v) is 1.90. The van der Waals surface area contributed by atoms with Crippen molar-refractivity contribution in [3.8, 4) is 0 Å². The normalized spacial score (nSPS) is 16.6. The Bertz CT molecular complexity index is 238. The van der Waals surface area contributed by atoms with E-state index in [2.05, 4.69) is 17.4 Å². The summed E-state index contributed by atoms with van der Waals surface area (Å²) >= 11 is 0. The maximum absolute atomic E-state index is 4.00. The van der Waals surface area contributed by atoms with Gasteiger partial charge < -0.3 is 0 Å². The Morgan fingerprint density at radius 3 is 3.00 bits per heavy atom. The molecule has 0 aromatic heterocycles. The van der Waals surface area contributed by atoms with E-state index in [4.69, 9.17) is 0 Å². The van der Waals surface area contributed by atoms with Gasteiger partial charge in [0, 0.05) is 6.20 Å². The lowest BCUT2D eigenvalue weighted by molar-refractivity contribution is 0.867. The smallest absolute Gasteiger partial charge is 0.0397 e. The van der Waals surface area contributed by atoms with E-state index in [0.717, 1.165) is 17.9 Å². The van der Waals surface area contributed by atoms with Gasteiger partial charge in [0.15, 0.2) is 0 Å². The molecule has 1 fully saturated rings. The summed E-state index contributed by atoms with van der Waals surface area (Å²) in [7, 11) is 0. The molecule has 0 amide bonds. The van der Waals surface area contributed by atoms with E-state index < -0.39 is 0 Å². The molecule has 0 atom stereocenters. The average Bonchev–Trinajstić information content (AvgIpc) is 2.87. The van der Waals surface area contributed by atoms with Crippen molar-refractivity contribution in [2.24, 2.45) is 10.9 Å². The van der Waals surface area contributed by atoms with Crippen LogP contribution in [0, 0.1) is 5.92 Å². The molecule has 0 aromatic rings. The summed E-state index contributed by atoms with van der Waals surface area (Å²) in [6.07, 6.45) is 9.50. The van der Waals surface area contributed by atoms with Crippen LogP contribution in [0.4, 0.5) is 0 Å². The zero-order valence-electron chi connectivity index (χ0n) is 7.59. The van der Waals surface area contributed by atoms with Crippen molar-refractivity contribution >= 4 is 5.87 Å². The molecule has 1 nitrogen and oxygen atoms in total. The Morgan fingerprint density at radius 2 is 2.42 bits per heavy atom. The molecule has 0 radical (unpaired) electrons. The van der Waals surface area contributed by atoms with Gasteiger partial charge in [0.1, 0.15) is 0 Å². The number of rotatable bonds is 4. The van der Waals surface area contributed by atoms with E-state index in [1.54, 1.807) is 12.3 Å². The number of aliphatic imine (C=N–C) groups is 1. The highest BCUT2D eigenvalue weighted by Gasteiger charge is 2.18. The lowest BCUT2D eigenvalue weighted by atomic mass is 10.3. The van der Waals surface area contributed by atoms with Gasteiger partial charge in [-0.15, -0.1) is 0 Å². The SMILES string of the molecule is C=C/C(C)=C/N=C=CCC1CC1. The van der Waals surface area contributed by atoms with E-state index in [1.807, 2.05) is 13.0 Å². The van der Waals surface area contributed by atoms with Crippen LogP contribution in [0.15, 0.2) is 35.5 Å². The lowest BCUT2D eigenvalue weighted by Gasteiger charge is -1.81.